The van der Waals surface area contributed by atoms with Crippen LogP contribution in [0.4, 0.5) is 0 Å². The minimum atomic E-state index is 0. The van der Waals surface area contributed by atoms with Gasteiger partial charge in [-0.05, 0) is 31.7 Å². The molecule has 0 aromatic rings. The molecule has 0 aliphatic carbocycles. The predicted octanol–water partition coefficient (Wildman–Crippen LogP) is 2.45. The van der Waals surface area contributed by atoms with Crippen molar-refractivity contribution in [3.05, 3.63) is 0 Å². The molecule has 3 nitrogen and oxygen atoms in total. The van der Waals surface area contributed by atoms with E-state index < -0.39 is 0 Å². The molecule has 0 saturated carbocycles. The van der Waals surface area contributed by atoms with Gasteiger partial charge in [-0.3, -0.25) is 4.79 Å². The van der Waals surface area contributed by atoms with Gasteiger partial charge in [0.15, 0.2) is 0 Å². The van der Waals surface area contributed by atoms with Crippen molar-refractivity contribution in [1.29, 1.82) is 0 Å². The zero-order valence-corrected chi connectivity index (χ0v) is 12.2. The lowest BCUT2D eigenvalue weighted by Gasteiger charge is -2.40. The van der Waals surface area contributed by atoms with Crippen LogP contribution in [0.1, 0.15) is 46.0 Å². The summed E-state index contributed by atoms with van der Waals surface area (Å²) in [7, 11) is 1.89. The molecule has 0 aromatic carbocycles. The number of amides is 1. The molecule has 1 fully saturated rings. The highest BCUT2D eigenvalue weighted by molar-refractivity contribution is 5.85. The van der Waals surface area contributed by atoms with Crippen LogP contribution in [-0.4, -0.2) is 37.5 Å². The summed E-state index contributed by atoms with van der Waals surface area (Å²) in [4.78, 5) is 14.0. The molecular formula is C13H27ClN2O. The summed E-state index contributed by atoms with van der Waals surface area (Å²) in [5, 5.41) is 3.04. The SMILES string of the molecule is CCCC1(C)CCCN(C(=O)CCNC)C1.Cl. The smallest absolute Gasteiger partial charge is 0.223 e. The average molecular weight is 263 g/mol. The fourth-order valence-electron chi connectivity index (χ4n) is 2.73. The Hall–Kier alpha value is -0.280. The van der Waals surface area contributed by atoms with Crippen LogP contribution in [0.2, 0.25) is 0 Å². The standard InChI is InChI=1S/C13H26N2O.ClH/c1-4-7-13(2)8-5-10-15(11-13)12(16)6-9-14-3;/h14H,4-11H2,1-3H3;1H. The third-order valence-corrected chi connectivity index (χ3v) is 3.58. The summed E-state index contributed by atoms with van der Waals surface area (Å²) in [6.07, 6.45) is 5.54. The molecule has 4 heteroatoms. The van der Waals surface area contributed by atoms with E-state index in [-0.39, 0.29) is 12.4 Å². The van der Waals surface area contributed by atoms with Crippen LogP contribution >= 0.6 is 12.4 Å². The Labute approximate surface area is 112 Å². The van der Waals surface area contributed by atoms with Crippen LogP contribution in [0, 0.1) is 5.41 Å². The number of nitrogens with zero attached hydrogens (tertiary/aromatic N) is 1. The van der Waals surface area contributed by atoms with Gasteiger partial charge in [-0.15, -0.1) is 12.4 Å². The number of carbonyl (C=O) groups excluding carboxylic acids is 1. The quantitative estimate of drug-likeness (QED) is 0.826. The van der Waals surface area contributed by atoms with E-state index in [1.165, 1.54) is 25.7 Å². The van der Waals surface area contributed by atoms with Gasteiger partial charge >= 0.3 is 0 Å². The Morgan fingerprint density at radius 3 is 2.76 bits per heavy atom. The summed E-state index contributed by atoms with van der Waals surface area (Å²) in [5.74, 6) is 0.316. The molecule has 0 radical (unpaired) electrons. The molecule has 1 heterocycles. The van der Waals surface area contributed by atoms with Gasteiger partial charge < -0.3 is 10.2 Å². The lowest BCUT2D eigenvalue weighted by molar-refractivity contribution is -0.134. The highest BCUT2D eigenvalue weighted by atomic mass is 35.5. The van der Waals surface area contributed by atoms with Crippen LogP contribution in [0.15, 0.2) is 0 Å². The maximum atomic E-state index is 11.9. The highest BCUT2D eigenvalue weighted by Gasteiger charge is 2.31. The Morgan fingerprint density at radius 2 is 2.18 bits per heavy atom. The molecule has 102 valence electrons. The molecule has 1 atom stereocenters. The number of nitrogens with one attached hydrogen (secondary N) is 1. The van der Waals surface area contributed by atoms with Crippen molar-refractivity contribution in [3.8, 4) is 0 Å². The topological polar surface area (TPSA) is 32.3 Å². The molecule has 0 bridgehead atoms. The molecule has 0 spiro atoms. The number of piperidine rings is 1. The molecule has 1 N–H and O–H groups in total. The fraction of sp³-hybridized carbons (Fsp3) is 0.923. The third-order valence-electron chi connectivity index (χ3n) is 3.58. The van der Waals surface area contributed by atoms with Crippen LogP contribution in [-0.2, 0) is 4.79 Å². The first-order chi connectivity index (χ1) is 7.61. The molecular weight excluding hydrogens is 236 g/mol. The van der Waals surface area contributed by atoms with Crippen LogP contribution in [0.5, 0.6) is 0 Å². The van der Waals surface area contributed by atoms with Gasteiger partial charge in [-0.1, -0.05) is 20.3 Å². The molecule has 1 unspecified atom stereocenters. The second-order valence-electron chi connectivity index (χ2n) is 5.33. The average Bonchev–Trinajstić information content (AvgIpc) is 2.25. The molecule has 1 rings (SSSR count). The number of likely N-dealkylation sites (tertiary alicyclic amines) is 1. The lowest BCUT2D eigenvalue weighted by atomic mass is 9.78. The van der Waals surface area contributed by atoms with Crippen molar-refractivity contribution in [2.24, 2.45) is 5.41 Å². The Morgan fingerprint density at radius 1 is 1.47 bits per heavy atom. The number of rotatable bonds is 5. The van der Waals surface area contributed by atoms with E-state index in [1.807, 2.05) is 7.05 Å². The van der Waals surface area contributed by atoms with Crippen LogP contribution < -0.4 is 5.32 Å². The van der Waals surface area contributed by atoms with Crippen molar-refractivity contribution in [1.82, 2.24) is 10.2 Å². The summed E-state index contributed by atoms with van der Waals surface area (Å²) >= 11 is 0. The summed E-state index contributed by atoms with van der Waals surface area (Å²) in [5.41, 5.74) is 0.363. The van der Waals surface area contributed by atoms with Crippen molar-refractivity contribution >= 4 is 18.3 Å². The third kappa shape index (κ3) is 5.26. The maximum absolute atomic E-state index is 11.9. The van der Waals surface area contributed by atoms with E-state index in [2.05, 4.69) is 24.1 Å². The van der Waals surface area contributed by atoms with Gasteiger partial charge in [0.05, 0.1) is 0 Å². The van der Waals surface area contributed by atoms with Crippen molar-refractivity contribution in [2.45, 2.75) is 46.0 Å². The Bertz CT molecular complexity index is 231. The molecule has 1 saturated heterocycles. The predicted molar refractivity (Wildman–Crippen MR) is 74.6 cm³/mol. The number of hydrogen-bond acceptors (Lipinski definition) is 2. The molecule has 0 aromatic heterocycles. The van der Waals surface area contributed by atoms with Gasteiger partial charge in [-0.2, -0.15) is 0 Å². The minimum absolute atomic E-state index is 0. The largest absolute Gasteiger partial charge is 0.342 e. The molecule has 17 heavy (non-hydrogen) atoms. The van der Waals surface area contributed by atoms with Crippen LogP contribution in [0.3, 0.4) is 0 Å². The Kier molecular flexibility index (Phi) is 7.80. The number of hydrogen-bond donors (Lipinski definition) is 1. The van der Waals surface area contributed by atoms with Crippen LogP contribution in [0.25, 0.3) is 0 Å². The van der Waals surface area contributed by atoms with Gasteiger partial charge in [-0.25, -0.2) is 0 Å². The first-order valence-corrected chi connectivity index (χ1v) is 6.54. The van der Waals surface area contributed by atoms with Crippen molar-refractivity contribution in [2.75, 3.05) is 26.7 Å². The first kappa shape index (κ1) is 16.7. The molecule has 1 amide bonds. The highest BCUT2D eigenvalue weighted by Crippen LogP contribution is 2.34. The molecule has 1 aliphatic rings. The normalized spacial score (nSPS) is 24.3. The lowest BCUT2D eigenvalue weighted by Crippen LogP contribution is -2.45. The minimum Gasteiger partial charge on any atom is -0.342 e. The van der Waals surface area contributed by atoms with Gasteiger partial charge in [0.2, 0.25) is 5.91 Å². The zero-order valence-electron chi connectivity index (χ0n) is 11.4. The Balaban J connectivity index is 0.00000256. The maximum Gasteiger partial charge on any atom is 0.223 e. The second kappa shape index (κ2) is 7.93. The monoisotopic (exact) mass is 262 g/mol. The van der Waals surface area contributed by atoms with E-state index in [9.17, 15) is 4.79 Å². The summed E-state index contributed by atoms with van der Waals surface area (Å²) < 4.78 is 0. The number of carbonyl (C=O) groups is 1. The first-order valence-electron chi connectivity index (χ1n) is 6.54. The zero-order chi connectivity index (χ0) is 12.0. The summed E-state index contributed by atoms with van der Waals surface area (Å²) in [6, 6.07) is 0. The number of halogens is 1. The van der Waals surface area contributed by atoms with Crippen molar-refractivity contribution < 1.29 is 4.79 Å². The van der Waals surface area contributed by atoms with Crippen molar-refractivity contribution in [3.63, 3.8) is 0 Å². The van der Waals surface area contributed by atoms with Gasteiger partial charge in [0.1, 0.15) is 0 Å². The summed E-state index contributed by atoms with van der Waals surface area (Å²) in [6.45, 7) is 7.27. The van der Waals surface area contributed by atoms with E-state index in [4.69, 9.17) is 0 Å². The van der Waals surface area contributed by atoms with Gasteiger partial charge in [0, 0.05) is 26.1 Å². The van der Waals surface area contributed by atoms with Gasteiger partial charge in [0.25, 0.3) is 0 Å². The van der Waals surface area contributed by atoms with E-state index in [0.29, 0.717) is 17.7 Å². The molecule has 1 aliphatic heterocycles. The van der Waals surface area contributed by atoms with E-state index in [1.54, 1.807) is 0 Å². The fourth-order valence-corrected chi connectivity index (χ4v) is 2.73. The van der Waals surface area contributed by atoms with E-state index in [0.717, 1.165) is 19.6 Å². The van der Waals surface area contributed by atoms with E-state index >= 15 is 0 Å². The second-order valence-corrected chi connectivity index (χ2v) is 5.33.